The fourth-order valence-corrected chi connectivity index (χ4v) is 3.18. The highest BCUT2D eigenvalue weighted by atomic mass is 32.1. The van der Waals surface area contributed by atoms with Crippen molar-refractivity contribution >= 4 is 53.7 Å². The quantitative estimate of drug-likeness (QED) is 0.266. The molecule has 1 amide bonds. The van der Waals surface area contributed by atoms with Gasteiger partial charge in [0.15, 0.2) is 0 Å². The van der Waals surface area contributed by atoms with Crippen LogP contribution < -0.4 is 10.6 Å². The third kappa shape index (κ3) is 5.89. The van der Waals surface area contributed by atoms with Gasteiger partial charge in [0.05, 0.1) is 11.1 Å². The Bertz CT molecular complexity index is 1090. The maximum absolute atomic E-state index is 12.0. The van der Waals surface area contributed by atoms with E-state index in [0.29, 0.717) is 28.5 Å². The summed E-state index contributed by atoms with van der Waals surface area (Å²) < 4.78 is 0. The number of fused-ring (bicyclic) bond motifs is 1. The van der Waals surface area contributed by atoms with E-state index in [1.165, 1.54) is 0 Å². The minimum absolute atomic E-state index is 0.302. The zero-order valence-electron chi connectivity index (χ0n) is 16.1. The van der Waals surface area contributed by atoms with Crippen molar-refractivity contribution in [2.24, 2.45) is 0 Å². The second-order valence-electron chi connectivity index (χ2n) is 6.48. The van der Waals surface area contributed by atoms with Crippen LogP contribution in [0.25, 0.3) is 10.9 Å². The molecular formula is C22H22N4OS2. The van der Waals surface area contributed by atoms with E-state index in [4.69, 9.17) is 0 Å². The predicted molar refractivity (Wildman–Crippen MR) is 123 cm³/mol. The molecule has 0 bridgehead atoms. The smallest absolute Gasteiger partial charge is 0.296 e. The number of hydrogen-bond donors (Lipinski definition) is 4. The standard InChI is InChI=1S/C22H22N4OS2/c1-2-3-4-12-23-20(27)11-9-18-19(29)10-8-15-14-24-22(26-21(15)18)25-16-6-5-7-17(28)13-16/h5-8,10,13-14,28-29H,2-4,12H2,1H3,(H,23,27)(H,24,25,26). The van der Waals surface area contributed by atoms with Crippen LogP contribution in [0.15, 0.2) is 52.4 Å². The lowest BCUT2D eigenvalue weighted by Crippen LogP contribution is -2.22. The van der Waals surface area contributed by atoms with E-state index in [0.717, 1.165) is 35.2 Å². The summed E-state index contributed by atoms with van der Waals surface area (Å²) in [5, 5.41) is 6.80. The molecule has 0 spiro atoms. The van der Waals surface area contributed by atoms with E-state index in [1.807, 2.05) is 36.4 Å². The van der Waals surface area contributed by atoms with Gasteiger partial charge in [0.2, 0.25) is 5.95 Å². The molecule has 29 heavy (non-hydrogen) atoms. The molecule has 0 aliphatic rings. The van der Waals surface area contributed by atoms with E-state index in [1.54, 1.807) is 6.20 Å². The van der Waals surface area contributed by atoms with Crippen molar-refractivity contribution < 1.29 is 4.79 Å². The molecule has 0 unspecified atom stereocenters. The molecule has 0 radical (unpaired) electrons. The molecule has 0 fully saturated rings. The van der Waals surface area contributed by atoms with Crippen molar-refractivity contribution in [3.05, 3.63) is 48.2 Å². The maximum atomic E-state index is 12.0. The van der Waals surface area contributed by atoms with Gasteiger partial charge in [-0.05, 0) is 30.7 Å². The Morgan fingerprint density at radius 2 is 2.03 bits per heavy atom. The molecule has 2 aromatic carbocycles. The van der Waals surface area contributed by atoms with Gasteiger partial charge in [0.25, 0.3) is 5.91 Å². The van der Waals surface area contributed by atoms with Crippen LogP contribution in [0, 0.1) is 11.8 Å². The summed E-state index contributed by atoms with van der Waals surface area (Å²) in [6.07, 6.45) is 4.86. The number of thiol groups is 2. The van der Waals surface area contributed by atoms with Crippen LogP contribution in [0.2, 0.25) is 0 Å². The highest BCUT2D eigenvalue weighted by Crippen LogP contribution is 2.24. The third-order valence-electron chi connectivity index (χ3n) is 4.20. The summed E-state index contributed by atoms with van der Waals surface area (Å²) >= 11 is 8.84. The molecule has 2 N–H and O–H groups in total. The molecule has 148 valence electrons. The lowest BCUT2D eigenvalue weighted by molar-refractivity contribution is -0.115. The molecule has 5 nitrogen and oxygen atoms in total. The first-order chi connectivity index (χ1) is 14.1. The second kappa shape index (κ2) is 10.2. The summed E-state index contributed by atoms with van der Waals surface area (Å²) in [7, 11) is 0. The van der Waals surface area contributed by atoms with Gasteiger partial charge in [0, 0.05) is 39.5 Å². The molecule has 0 saturated carbocycles. The first kappa shape index (κ1) is 21.0. The lowest BCUT2D eigenvalue weighted by Gasteiger charge is -2.08. The van der Waals surface area contributed by atoms with Crippen molar-refractivity contribution in [3.63, 3.8) is 0 Å². The van der Waals surface area contributed by atoms with Crippen LogP contribution in [0.5, 0.6) is 0 Å². The number of benzene rings is 2. The fraction of sp³-hybridized carbons (Fsp3) is 0.227. The number of carbonyl (C=O) groups excluding carboxylic acids is 1. The Balaban J connectivity index is 1.86. The van der Waals surface area contributed by atoms with Gasteiger partial charge in [0.1, 0.15) is 0 Å². The van der Waals surface area contributed by atoms with Gasteiger partial charge >= 0.3 is 0 Å². The van der Waals surface area contributed by atoms with Gasteiger partial charge in [-0.1, -0.05) is 37.8 Å². The van der Waals surface area contributed by atoms with E-state index in [-0.39, 0.29) is 5.91 Å². The average molecular weight is 423 g/mol. The van der Waals surface area contributed by atoms with E-state index >= 15 is 0 Å². The molecule has 3 aromatic rings. The third-order valence-corrected chi connectivity index (χ3v) is 4.85. The number of hydrogen-bond acceptors (Lipinski definition) is 6. The Hall–Kier alpha value is -2.69. The molecule has 7 heteroatoms. The molecule has 1 aromatic heterocycles. The van der Waals surface area contributed by atoms with Gasteiger partial charge in [-0.2, -0.15) is 0 Å². The van der Waals surface area contributed by atoms with Crippen LogP contribution in [0.1, 0.15) is 31.7 Å². The molecule has 0 aliphatic carbocycles. The van der Waals surface area contributed by atoms with Crippen LogP contribution >= 0.6 is 25.3 Å². The van der Waals surface area contributed by atoms with Crippen molar-refractivity contribution in [2.45, 2.75) is 36.0 Å². The second-order valence-corrected chi connectivity index (χ2v) is 7.48. The summed E-state index contributed by atoms with van der Waals surface area (Å²) in [6.45, 7) is 2.75. The van der Waals surface area contributed by atoms with Gasteiger partial charge in [-0.25, -0.2) is 9.97 Å². The Morgan fingerprint density at radius 3 is 2.83 bits per heavy atom. The molecular weight excluding hydrogens is 400 g/mol. The first-order valence-corrected chi connectivity index (χ1v) is 10.3. The number of carbonyl (C=O) groups is 1. The first-order valence-electron chi connectivity index (χ1n) is 9.41. The summed E-state index contributed by atoms with van der Waals surface area (Å²) in [6, 6.07) is 11.3. The largest absolute Gasteiger partial charge is 0.345 e. The van der Waals surface area contributed by atoms with Crippen LogP contribution in [0.4, 0.5) is 11.6 Å². The van der Waals surface area contributed by atoms with E-state index < -0.39 is 0 Å². The number of anilines is 2. The Labute approximate surface area is 181 Å². The lowest BCUT2D eigenvalue weighted by atomic mass is 10.1. The van der Waals surface area contributed by atoms with Gasteiger partial charge in [-0.15, -0.1) is 25.3 Å². The minimum atomic E-state index is -0.302. The minimum Gasteiger partial charge on any atom is -0.345 e. The van der Waals surface area contributed by atoms with E-state index in [9.17, 15) is 4.79 Å². The van der Waals surface area contributed by atoms with E-state index in [2.05, 4.69) is 64.6 Å². The highest BCUT2D eigenvalue weighted by molar-refractivity contribution is 7.80. The normalized spacial score (nSPS) is 10.3. The number of aromatic nitrogens is 2. The summed E-state index contributed by atoms with van der Waals surface area (Å²) in [5.41, 5.74) is 2.07. The molecule has 0 aliphatic heterocycles. The van der Waals surface area contributed by atoms with Crippen molar-refractivity contribution in [1.29, 1.82) is 0 Å². The summed E-state index contributed by atoms with van der Waals surface area (Å²) in [5.74, 6) is 5.70. The molecule has 0 atom stereocenters. The van der Waals surface area contributed by atoms with Crippen LogP contribution in [-0.2, 0) is 4.79 Å². The van der Waals surface area contributed by atoms with Crippen LogP contribution in [-0.4, -0.2) is 22.4 Å². The molecule has 0 saturated heterocycles. The van der Waals surface area contributed by atoms with Crippen molar-refractivity contribution in [3.8, 4) is 11.8 Å². The SMILES string of the molecule is CCCCCNC(=O)C#Cc1c(S)ccc2cnc(Nc3cccc(S)c3)nc12. The zero-order valence-corrected chi connectivity index (χ0v) is 17.9. The summed E-state index contributed by atoms with van der Waals surface area (Å²) in [4.78, 5) is 22.5. The topological polar surface area (TPSA) is 66.9 Å². The average Bonchev–Trinajstić information content (AvgIpc) is 2.70. The zero-order chi connectivity index (χ0) is 20.6. The van der Waals surface area contributed by atoms with Crippen molar-refractivity contribution in [1.82, 2.24) is 15.3 Å². The van der Waals surface area contributed by atoms with Crippen LogP contribution in [0.3, 0.4) is 0 Å². The molecule has 1 heterocycles. The number of nitrogens with zero attached hydrogens (tertiary/aromatic N) is 2. The number of unbranched alkanes of at least 4 members (excludes halogenated alkanes) is 2. The Morgan fingerprint density at radius 1 is 1.17 bits per heavy atom. The number of rotatable bonds is 6. The monoisotopic (exact) mass is 422 g/mol. The maximum Gasteiger partial charge on any atom is 0.296 e. The fourth-order valence-electron chi connectivity index (χ4n) is 2.72. The van der Waals surface area contributed by atoms with Crippen molar-refractivity contribution in [2.75, 3.05) is 11.9 Å². The Kier molecular flexibility index (Phi) is 7.39. The van der Waals surface area contributed by atoms with Gasteiger partial charge < -0.3 is 10.6 Å². The molecule has 3 rings (SSSR count). The van der Waals surface area contributed by atoms with Gasteiger partial charge in [-0.3, -0.25) is 4.79 Å². The predicted octanol–water partition coefficient (Wildman–Crippen LogP) is 4.61. The number of nitrogens with one attached hydrogen (secondary N) is 2. The number of amides is 1. The highest BCUT2D eigenvalue weighted by Gasteiger charge is 2.08.